The third-order valence-corrected chi connectivity index (χ3v) is 4.49. The number of hydrogen-bond acceptors (Lipinski definition) is 4. The summed E-state index contributed by atoms with van der Waals surface area (Å²) >= 11 is 0. The van der Waals surface area contributed by atoms with E-state index in [0.29, 0.717) is 0 Å². The minimum atomic E-state index is -0.0545. The third kappa shape index (κ3) is 2.81. The predicted octanol–water partition coefficient (Wildman–Crippen LogP) is 3.27. The van der Waals surface area contributed by atoms with Gasteiger partial charge in [0.1, 0.15) is 11.9 Å². The fourth-order valence-corrected chi connectivity index (χ4v) is 3.20. The second kappa shape index (κ2) is 6.13. The molecule has 0 saturated heterocycles. The van der Waals surface area contributed by atoms with E-state index in [2.05, 4.69) is 78.2 Å². The van der Waals surface area contributed by atoms with E-state index < -0.39 is 0 Å². The van der Waals surface area contributed by atoms with E-state index >= 15 is 0 Å². The highest BCUT2D eigenvalue weighted by Gasteiger charge is 2.21. The molecule has 122 valence electrons. The number of nitrogens with zero attached hydrogens (tertiary/aromatic N) is 1. The molecule has 2 aromatic rings. The van der Waals surface area contributed by atoms with E-state index in [1.165, 1.54) is 16.7 Å². The fraction of sp³-hybridized carbons (Fsp3) is 0.250. The Balaban J connectivity index is 1.56. The highest BCUT2D eigenvalue weighted by atomic mass is 16.7. The number of amidine groups is 1. The second-order valence-corrected chi connectivity index (χ2v) is 6.32. The zero-order valence-corrected chi connectivity index (χ0v) is 14.0. The van der Waals surface area contributed by atoms with Gasteiger partial charge in [-0.05, 0) is 36.6 Å². The van der Waals surface area contributed by atoms with E-state index in [-0.39, 0.29) is 6.10 Å². The SMILES string of the molecule is Cc1ccc(C2C=C(c3ccc(C4=NCCN4)cc3)NO2)c(C)c1. The molecule has 0 aliphatic carbocycles. The first-order valence-electron chi connectivity index (χ1n) is 8.30. The van der Waals surface area contributed by atoms with E-state index in [9.17, 15) is 0 Å². The molecule has 2 aliphatic heterocycles. The Labute approximate surface area is 142 Å². The Hall–Kier alpha value is -2.59. The molecule has 4 nitrogen and oxygen atoms in total. The molecule has 1 unspecified atom stereocenters. The van der Waals surface area contributed by atoms with Gasteiger partial charge in [-0.15, -0.1) is 0 Å². The molecule has 4 heteroatoms. The first kappa shape index (κ1) is 15.0. The van der Waals surface area contributed by atoms with Crippen LogP contribution in [0.3, 0.4) is 0 Å². The van der Waals surface area contributed by atoms with Crippen LogP contribution < -0.4 is 10.8 Å². The lowest BCUT2D eigenvalue weighted by atomic mass is 10.00. The van der Waals surface area contributed by atoms with Crippen LogP contribution in [0.4, 0.5) is 0 Å². The van der Waals surface area contributed by atoms with Crippen LogP contribution in [-0.2, 0) is 4.84 Å². The molecule has 0 radical (unpaired) electrons. The minimum absolute atomic E-state index is 0.0545. The molecule has 2 aromatic carbocycles. The van der Waals surface area contributed by atoms with Crippen LogP contribution in [0, 0.1) is 13.8 Å². The van der Waals surface area contributed by atoms with Crippen molar-refractivity contribution in [2.75, 3.05) is 13.1 Å². The highest BCUT2D eigenvalue weighted by Crippen LogP contribution is 2.30. The Morgan fingerprint density at radius 1 is 1.04 bits per heavy atom. The Kier molecular flexibility index (Phi) is 3.82. The lowest BCUT2D eigenvalue weighted by Gasteiger charge is -2.11. The zero-order chi connectivity index (χ0) is 16.5. The molecule has 2 heterocycles. The van der Waals surface area contributed by atoms with Crippen molar-refractivity contribution in [2.24, 2.45) is 4.99 Å². The van der Waals surface area contributed by atoms with Gasteiger partial charge in [0.05, 0.1) is 12.2 Å². The number of aliphatic imine (C=N–C) groups is 1. The van der Waals surface area contributed by atoms with Gasteiger partial charge in [0, 0.05) is 12.1 Å². The standard InChI is InChI=1S/C20H21N3O/c1-13-3-8-17(14(2)11-13)19-12-18(23-24-19)15-4-6-16(7-5-15)20-21-9-10-22-20/h3-8,11-12,19,23H,9-10H2,1-2H3,(H,21,22). The van der Waals surface area contributed by atoms with Crippen LogP contribution in [0.2, 0.25) is 0 Å². The van der Waals surface area contributed by atoms with Crippen molar-refractivity contribution >= 4 is 11.5 Å². The molecule has 0 bridgehead atoms. The largest absolute Gasteiger partial charge is 0.368 e. The van der Waals surface area contributed by atoms with Gasteiger partial charge < -0.3 is 5.32 Å². The van der Waals surface area contributed by atoms with Crippen molar-refractivity contribution in [3.05, 3.63) is 76.4 Å². The van der Waals surface area contributed by atoms with Crippen molar-refractivity contribution in [1.29, 1.82) is 0 Å². The molecule has 1 atom stereocenters. The van der Waals surface area contributed by atoms with Gasteiger partial charge in [-0.3, -0.25) is 15.3 Å². The summed E-state index contributed by atoms with van der Waals surface area (Å²) in [6.45, 7) is 6.02. The summed E-state index contributed by atoms with van der Waals surface area (Å²) in [5.74, 6) is 0.985. The van der Waals surface area contributed by atoms with Gasteiger partial charge in [0.2, 0.25) is 0 Å². The summed E-state index contributed by atoms with van der Waals surface area (Å²) in [4.78, 5) is 10.2. The van der Waals surface area contributed by atoms with E-state index in [1.807, 2.05) is 0 Å². The van der Waals surface area contributed by atoms with Crippen LogP contribution in [0.15, 0.2) is 53.5 Å². The summed E-state index contributed by atoms with van der Waals surface area (Å²) in [5, 5.41) is 3.30. The van der Waals surface area contributed by atoms with Gasteiger partial charge in [0.25, 0.3) is 0 Å². The van der Waals surface area contributed by atoms with Crippen LogP contribution in [0.5, 0.6) is 0 Å². The van der Waals surface area contributed by atoms with Gasteiger partial charge >= 0.3 is 0 Å². The van der Waals surface area contributed by atoms with Gasteiger partial charge in [-0.25, -0.2) is 0 Å². The highest BCUT2D eigenvalue weighted by molar-refractivity contribution is 5.99. The summed E-state index contributed by atoms with van der Waals surface area (Å²) in [6, 6.07) is 14.9. The maximum atomic E-state index is 5.78. The van der Waals surface area contributed by atoms with Crippen molar-refractivity contribution in [1.82, 2.24) is 10.8 Å². The average Bonchev–Trinajstić information content (AvgIpc) is 3.27. The number of hydroxylamine groups is 1. The lowest BCUT2D eigenvalue weighted by molar-refractivity contribution is 0.0507. The molecular formula is C20H21N3O. The van der Waals surface area contributed by atoms with Crippen LogP contribution in [0.25, 0.3) is 5.70 Å². The maximum absolute atomic E-state index is 5.78. The molecule has 24 heavy (non-hydrogen) atoms. The number of aryl methyl sites for hydroxylation is 2. The second-order valence-electron chi connectivity index (χ2n) is 6.32. The minimum Gasteiger partial charge on any atom is -0.368 e. The lowest BCUT2D eigenvalue weighted by Crippen LogP contribution is -2.19. The number of benzene rings is 2. The Morgan fingerprint density at radius 3 is 2.54 bits per heavy atom. The van der Waals surface area contributed by atoms with Crippen molar-refractivity contribution in [3.63, 3.8) is 0 Å². The van der Waals surface area contributed by atoms with Crippen LogP contribution >= 0.6 is 0 Å². The summed E-state index contributed by atoms with van der Waals surface area (Å²) < 4.78 is 0. The molecule has 2 N–H and O–H groups in total. The van der Waals surface area contributed by atoms with Gasteiger partial charge in [0.15, 0.2) is 0 Å². The van der Waals surface area contributed by atoms with Crippen LogP contribution in [0.1, 0.15) is 33.9 Å². The molecule has 2 aliphatic rings. The van der Waals surface area contributed by atoms with Crippen molar-refractivity contribution in [3.8, 4) is 0 Å². The van der Waals surface area contributed by atoms with Crippen molar-refractivity contribution in [2.45, 2.75) is 20.0 Å². The first-order valence-corrected chi connectivity index (χ1v) is 8.30. The smallest absolute Gasteiger partial charge is 0.131 e. The summed E-state index contributed by atoms with van der Waals surface area (Å²) in [5.41, 5.74) is 10.0. The molecule has 4 rings (SSSR count). The van der Waals surface area contributed by atoms with Gasteiger partial charge in [-0.1, -0.05) is 48.0 Å². The van der Waals surface area contributed by atoms with Crippen LogP contribution in [-0.4, -0.2) is 18.9 Å². The quantitative estimate of drug-likeness (QED) is 0.913. The maximum Gasteiger partial charge on any atom is 0.131 e. The van der Waals surface area contributed by atoms with E-state index in [4.69, 9.17) is 4.84 Å². The normalized spacial score (nSPS) is 19.5. The van der Waals surface area contributed by atoms with Crippen molar-refractivity contribution < 1.29 is 4.84 Å². The summed E-state index contributed by atoms with van der Waals surface area (Å²) in [6.07, 6.45) is 2.08. The Bertz CT molecular complexity index is 821. The first-order chi connectivity index (χ1) is 11.7. The topological polar surface area (TPSA) is 45.7 Å². The number of hydrogen-bond donors (Lipinski definition) is 2. The zero-order valence-electron chi connectivity index (χ0n) is 14.0. The molecule has 0 spiro atoms. The number of nitrogens with one attached hydrogen (secondary N) is 2. The monoisotopic (exact) mass is 319 g/mol. The molecule has 0 saturated carbocycles. The fourth-order valence-electron chi connectivity index (χ4n) is 3.20. The molecule has 0 amide bonds. The average molecular weight is 319 g/mol. The summed E-state index contributed by atoms with van der Waals surface area (Å²) in [7, 11) is 0. The van der Waals surface area contributed by atoms with E-state index in [1.54, 1.807) is 0 Å². The third-order valence-electron chi connectivity index (χ3n) is 4.49. The molecule has 0 fully saturated rings. The molecule has 0 aromatic heterocycles. The van der Waals surface area contributed by atoms with E-state index in [0.717, 1.165) is 35.7 Å². The number of rotatable bonds is 3. The molecular weight excluding hydrogens is 298 g/mol. The van der Waals surface area contributed by atoms with Gasteiger partial charge in [-0.2, -0.15) is 0 Å². The Morgan fingerprint density at radius 2 is 1.83 bits per heavy atom. The predicted molar refractivity (Wildman–Crippen MR) is 96.7 cm³/mol.